The molecule has 9 aliphatic rings. The van der Waals surface area contributed by atoms with Crippen LogP contribution < -0.4 is 0 Å². The minimum Gasteiger partial charge on any atom is -0.507 e. The molecule has 0 heterocycles. The van der Waals surface area contributed by atoms with Crippen molar-refractivity contribution < 1.29 is 10.2 Å². The van der Waals surface area contributed by atoms with Crippen LogP contribution in [-0.4, -0.2) is 20.7 Å². The van der Waals surface area contributed by atoms with Crippen molar-refractivity contribution in [3.8, 4) is 11.5 Å². The highest BCUT2D eigenvalue weighted by atomic mass is 32.2. The molecule has 392 valence electrons. The van der Waals surface area contributed by atoms with Crippen molar-refractivity contribution in [2.45, 2.75) is 282 Å². The summed E-state index contributed by atoms with van der Waals surface area (Å²) in [5, 5.41) is 26.9. The number of thioether (sulfide) groups is 2. The average molecular weight is 994 g/mol. The van der Waals surface area contributed by atoms with Crippen LogP contribution in [0, 0.1) is 57.2 Å². The van der Waals surface area contributed by atoms with Gasteiger partial charge in [-0.05, 0) is 195 Å². The van der Waals surface area contributed by atoms with Crippen LogP contribution in [0.3, 0.4) is 0 Å². The highest BCUT2D eigenvalue weighted by Gasteiger charge is 2.65. The highest BCUT2D eigenvalue weighted by molar-refractivity contribution is 8.03. The topological polar surface area (TPSA) is 40.5 Å². The van der Waals surface area contributed by atoms with Crippen molar-refractivity contribution >= 4 is 23.5 Å². The first-order valence-corrected chi connectivity index (χ1v) is 31.7. The van der Waals surface area contributed by atoms with Crippen molar-refractivity contribution in [3.63, 3.8) is 0 Å². The van der Waals surface area contributed by atoms with E-state index in [9.17, 15) is 10.2 Å². The van der Waals surface area contributed by atoms with E-state index < -0.39 is 0 Å². The van der Waals surface area contributed by atoms with Crippen LogP contribution in [0.5, 0.6) is 11.5 Å². The molecule has 11 rings (SSSR count). The molecule has 0 amide bonds. The Morgan fingerprint density at radius 2 is 0.771 bits per heavy atom. The van der Waals surface area contributed by atoms with Crippen molar-refractivity contribution in [1.29, 1.82) is 0 Å². The summed E-state index contributed by atoms with van der Waals surface area (Å²) in [6, 6.07) is 9.93. The van der Waals surface area contributed by atoms with E-state index >= 15 is 0 Å². The molecule has 0 aromatic heterocycles. The summed E-state index contributed by atoms with van der Waals surface area (Å²) in [7, 11) is 0. The lowest BCUT2D eigenvalue weighted by atomic mass is 9.36. The third-order valence-corrected chi connectivity index (χ3v) is 23.4. The lowest BCUT2D eigenvalue weighted by Crippen LogP contribution is -2.59. The lowest BCUT2D eigenvalue weighted by Gasteiger charge is -2.68. The average Bonchev–Trinajstić information content (AvgIpc) is 3.17. The predicted molar refractivity (Wildman–Crippen MR) is 305 cm³/mol. The first-order valence-electron chi connectivity index (χ1n) is 29.6. The van der Waals surface area contributed by atoms with Gasteiger partial charge < -0.3 is 10.2 Å². The number of hydrogen-bond acceptors (Lipinski definition) is 4. The Morgan fingerprint density at radius 3 is 1.06 bits per heavy atom. The number of rotatable bonds is 16. The summed E-state index contributed by atoms with van der Waals surface area (Å²) < 4.78 is 0. The lowest BCUT2D eigenvalue weighted by molar-refractivity contribution is -0.141. The van der Waals surface area contributed by atoms with E-state index in [0.29, 0.717) is 67.3 Å². The molecule has 0 saturated heterocycles. The summed E-state index contributed by atoms with van der Waals surface area (Å²) in [4.78, 5) is 0. The Morgan fingerprint density at radius 1 is 0.457 bits per heavy atom. The van der Waals surface area contributed by atoms with E-state index in [-0.39, 0.29) is 21.7 Å². The fourth-order valence-electron chi connectivity index (χ4n) is 20.1. The van der Waals surface area contributed by atoms with E-state index in [2.05, 4.69) is 145 Å². The van der Waals surface area contributed by atoms with Crippen LogP contribution in [0.2, 0.25) is 0 Å². The standard InChI is InChI=1S/C66H104O2S2/c1-43(2)25-61-29-47-30-62(37-61,26-44(3)4)40-65(33-47,39-61)53-23-51(59(9,10)11)21-49(57(53)67)35-69-55-19-17-15-16-18-20-56(55)70-36-50-22-52(60(12,13)14)24-54(58(50)68)66-34-48-31-63(41-66,27-45(5)6)38-64(32-48,42-66)28-46(7)8/h21-24,43-48,55-56,67-68H,15-20,25-42H2,1-14H3/t47?,48?,55-,56?,61?,62?,63?,64?,65?,66?/m0/s1. The van der Waals surface area contributed by atoms with Crippen LogP contribution >= 0.6 is 23.5 Å². The molecule has 0 radical (unpaired) electrons. The molecule has 4 heteroatoms. The minimum atomic E-state index is 0.0106. The number of benzene rings is 2. The fraction of sp³-hybridized carbons (Fsp3) is 0.818. The number of phenols is 2. The summed E-state index contributed by atoms with van der Waals surface area (Å²) >= 11 is 4.34. The first kappa shape index (κ1) is 53.6. The van der Waals surface area contributed by atoms with Crippen molar-refractivity contribution in [2.24, 2.45) is 57.2 Å². The SMILES string of the molecule is CC(C)CC12CC3CC(CC(C)C)(C1)CC(c1cc(C(C)(C)C)cc(CSC4CCCCCC[C@@H]4SCc4cc(C(C)(C)C)cc(C56CC7CC(CC(C)C)(CC(CC(C)C)(C7)C5)C6)c4O)c1O)(C3)C2. The number of phenolic OH excluding ortho intramolecular Hbond substituents is 2. The van der Waals surface area contributed by atoms with E-state index in [1.165, 1.54) is 175 Å². The second-order valence-corrected chi connectivity index (χ2v) is 33.7. The zero-order chi connectivity index (χ0) is 50.5. The van der Waals surface area contributed by atoms with Gasteiger partial charge in [0.05, 0.1) is 0 Å². The normalized spacial score (nSPS) is 36.3. The van der Waals surface area contributed by atoms with Gasteiger partial charge in [0.1, 0.15) is 11.5 Å². The molecule has 2 aromatic carbocycles. The Kier molecular flexibility index (Phi) is 14.8. The summed E-state index contributed by atoms with van der Waals surface area (Å²) in [6.07, 6.45) is 29.2. The van der Waals surface area contributed by atoms with E-state index in [0.717, 1.165) is 23.3 Å². The molecule has 2 aromatic rings. The summed E-state index contributed by atoms with van der Waals surface area (Å²) in [5.41, 5.74) is 9.72. The second-order valence-electron chi connectivity index (χ2n) is 31.2. The molecule has 0 aliphatic heterocycles. The van der Waals surface area contributed by atoms with Crippen LogP contribution in [0.25, 0.3) is 0 Å². The van der Waals surface area contributed by atoms with E-state index in [1.807, 2.05) is 0 Å². The Labute approximate surface area is 439 Å². The van der Waals surface area contributed by atoms with Gasteiger partial charge in [0.2, 0.25) is 0 Å². The van der Waals surface area contributed by atoms with E-state index in [1.54, 1.807) is 0 Å². The molecule has 70 heavy (non-hydrogen) atoms. The maximum atomic E-state index is 12.9. The molecule has 2 nitrogen and oxygen atoms in total. The van der Waals surface area contributed by atoms with Crippen molar-refractivity contribution in [3.05, 3.63) is 57.6 Å². The first-order chi connectivity index (χ1) is 32.7. The molecule has 2 N–H and O–H groups in total. The molecule has 8 bridgehead atoms. The van der Waals surface area contributed by atoms with Gasteiger partial charge in [-0.3, -0.25) is 0 Å². The maximum absolute atomic E-state index is 12.9. The molecule has 9 saturated carbocycles. The molecule has 6 atom stereocenters. The monoisotopic (exact) mass is 993 g/mol. The summed E-state index contributed by atoms with van der Waals surface area (Å²) in [5.74, 6) is 7.48. The van der Waals surface area contributed by atoms with Crippen LogP contribution in [-0.2, 0) is 33.2 Å². The summed E-state index contributed by atoms with van der Waals surface area (Å²) in [6.45, 7) is 34.1. The second kappa shape index (κ2) is 19.4. The molecule has 5 unspecified atom stereocenters. The quantitative estimate of drug-likeness (QED) is 0.176. The fourth-order valence-corrected chi connectivity index (χ4v) is 23.2. The minimum absolute atomic E-state index is 0.0106. The van der Waals surface area contributed by atoms with Crippen LogP contribution in [0.4, 0.5) is 0 Å². The van der Waals surface area contributed by atoms with Gasteiger partial charge in [-0.25, -0.2) is 0 Å². The Balaban J connectivity index is 1.02. The van der Waals surface area contributed by atoms with Gasteiger partial charge in [0.25, 0.3) is 0 Å². The zero-order valence-electron chi connectivity index (χ0n) is 47.6. The Bertz CT molecular complexity index is 1960. The van der Waals surface area contributed by atoms with Gasteiger partial charge in [0, 0.05) is 55.1 Å². The maximum Gasteiger partial charge on any atom is 0.123 e. The molecule has 9 aliphatic carbocycles. The van der Waals surface area contributed by atoms with Crippen molar-refractivity contribution in [2.75, 3.05) is 0 Å². The molecular weight excluding hydrogens is 889 g/mol. The molecule has 0 spiro atoms. The van der Waals surface area contributed by atoms with Crippen LogP contribution in [0.15, 0.2) is 24.3 Å². The van der Waals surface area contributed by atoms with Crippen molar-refractivity contribution in [1.82, 2.24) is 0 Å². The van der Waals surface area contributed by atoms with Gasteiger partial charge in [-0.15, -0.1) is 0 Å². The number of hydrogen-bond donors (Lipinski definition) is 2. The largest absolute Gasteiger partial charge is 0.507 e. The number of aromatic hydroxyl groups is 2. The van der Waals surface area contributed by atoms with Gasteiger partial charge in [0.15, 0.2) is 0 Å². The van der Waals surface area contributed by atoms with E-state index in [4.69, 9.17) is 0 Å². The highest BCUT2D eigenvalue weighted by Crippen LogP contribution is 2.75. The van der Waals surface area contributed by atoms with Gasteiger partial charge in [-0.2, -0.15) is 23.5 Å². The predicted octanol–water partition coefficient (Wildman–Crippen LogP) is 19.6. The van der Waals surface area contributed by atoms with Crippen LogP contribution in [0.1, 0.15) is 272 Å². The third-order valence-electron chi connectivity index (χ3n) is 20.3. The third kappa shape index (κ3) is 10.8. The smallest absolute Gasteiger partial charge is 0.123 e. The Hall–Kier alpha value is -1.26. The van der Waals surface area contributed by atoms with Gasteiger partial charge >= 0.3 is 0 Å². The zero-order valence-corrected chi connectivity index (χ0v) is 49.2. The molecule has 9 fully saturated rings. The molecular formula is C66H104O2S2. The van der Waals surface area contributed by atoms with Gasteiger partial charge in [-0.1, -0.05) is 147 Å².